The lowest BCUT2D eigenvalue weighted by atomic mass is 10.0. The Morgan fingerprint density at radius 3 is 2.14 bits per heavy atom. The fraction of sp³-hybridized carbons (Fsp3) is 0.900. The lowest BCUT2D eigenvalue weighted by molar-refractivity contribution is 0.204. The molecule has 0 spiro atoms. The molecular formula is C10H21N3O. The summed E-state index contributed by atoms with van der Waals surface area (Å²) < 4.78 is 0. The maximum absolute atomic E-state index is 11.3. The first-order valence-electron chi connectivity index (χ1n) is 4.86. The predicted molar refractivity (Wildman–Crippen MR) is 57.2 cm³/mol. The highest BCUT2D eigenvalue weighted by atomic mass is 16.2. The molecule has 0 aliphatic carbocycles. The number of hydrogen-bond donors (Lipinski definition) is 1. The summed E-state index contributed by atoms with van der Waals surface area (Å²) in [7, 11) is 3.85. The Morgan fingerprint density at radius 2 is 1.71 bits per heavy atom. The quantitative estimate of drug-likeness (QED) is 0.615. The Kier molecular flexibility index (Phi) is 3.37. The van der Waals surface area contributed by atoms with Crippen LogP contribution in [-0.4, -0.2) is 56.1 Å². The molecule has 0 aromatic heterocycles. The zero-order chi connectivity index (χ0) is 9.42. The van der Waals surface area contributed by atoms with Crippen molar-refractivity contribution >= 4 is 6.03 Å². The molecule has 2 aliphatic rings. The van der Waals surface area contributed by atoms with Crippen LogP contribution in [0.4, 0.5) is 4.79 Å². The minimum atomic E-state index is 0. The zero-order valence-corrected chi connectivity index (χ0v) is 8.29. The highest BCUT2D eigenvalue weighted by molar-refractivity contribution is 5.74. The number of rotatable bonds is 0. The van der Waals surface area contributed by atoms with Gasteiger partial charge in [-0.3, -0.25) is 0 Å². The molecule has 1 unspecified atom stereocenters. The number of nitrogens with one attached hydrogen (secondary N) is 1. The highest BCUT2D eigenvalue weighted by Crippen LogP contribution is 2.29. The molecule has 82 valence electrons. The molecule has 2 rings (SSSR count). The average Bonchev–Trinajstić information content (AvgIpc) is 2.59. The minimum absolute atomic E-state index is 0. The molecule has 0 saturated carbocycles. The van der Waals surface area contributed by atoms with E-state index in [0.29, 0.717) is 11.8 Å². The fourth-order valence-electron chi connectivity index (χ4n) is 2.55. The Labute approximate surface area is 86.2 Å². The van der Waals surface area contributed by atoms with E-state index >= 15 is 0 Å². The normalized spacial score (nSPS) is 31.1. The second-order valence-corrected chi connectivity index (χ2v) is 4.20. The minimum Gasteiger partial charge on any atom is -0.341 e. The third-order valence-corrected chi connectivity index (χ3v) is 3.17. The van der Waals surface area contributed by atoms with Gasteiger partial charge in [-0.05, 0) is 18.9 Å². The van der Waals surface area contributed by atoms with Gasteiger partial charge in [0.25, 0.3) is 0 Å². The first-order valence-corrected chi connectivity index (χ1v) is 4.86. The van der Waals surface area contributed by atoms with Gasteiger partial charge < -0.3 is 15.1 Å². The van der Waals surface area contributed by atoms with Gasteiger partial charge in [0.15, 0.2) is 0 Å². The standard InChI is InChI=1S/C9H17N3O.CH4/c1-10-9(13)12-5-7-3-11(2)4-8(7)6-12;/h7-8H,3-6H2,1-2H3,(H,10,13);1H4/t7-,8?;/m1./s1. The first-order chi connectivity index (χ1) is 6.20. The van der Waals surface area contributed by atoms with E-state index in [-0.39, 0.29) is 13.5 Å². The van der Waals surface area contributed by atoms with Crippen LogP contribution in [0.25, 0.3) is 0 Å². The summed E-state index contributed by atoms with van der Waals surface area (Å²) in [5.74, 6) is 1.42. The molecule has 2 fully saturated rings. The van der Waals surface area contributed by atoms with Crippen molar-refractivity contribution in [3.05, 3.63) is 0 Å². The molecular weight excluding hydrogens is 178 g/mol. The molecule has 1 N–H and O–H groups in total. The summed E-state index contributed by atoms with van der Waals surface area (Å²) in [6.45, 7) is 4.18. The Hall–Kier alpha value is -0.770. The van der Waals surface area contributed by atoms with Crippen LogP contribution in [0.15, 0.2) is 0 Å². The van der Waals surface area contributed by atoms with E-state index in [1.54, 1.807) is 7.05 Å². The number of nitrogens with zero attached hydrogens (tertiary/aromatic N) is 2. The summed E-state index contributed by atoms with van der Waals surface area (Å²) in [4.78, 5) is 15.6. The molecule has 0 radical (unpaired) electrons. The maximum Gasteiger partial charge on any atom is 0.317 e. The van der Waals surface area contributed by atoms with Crippen molar-refractivity contribution < 1.29 is 4.79 Å². The van der Waals surface area contributed by atoms with E-state index in [4.69, 9.17) is 0 Å². The Balaban J connectivity index is 0.000000980. The number of carbonyl (C=O) groups excluding carboxylic acids is 1. The molecule has 0 bridgehead atoms. The lowest BCUT2D eigenvalue weighted by Gasteiger charge is -2.18. The van der Waals surface area contributed by atoms with Crippen LogP contribution in [-0.2, 0) is 0 Å². The van der Waals surface area contributed by atoms with Gasteiger partial charge >= 0.3 is 6.03 Å². The van der Waals surface area contributed by atoms with Crippen molar-refractivity contribution in [1.82, 2.24) is 15.1 Å². The van der Waals surface area contributed by atoms with E-state index in [9.17, 15) is 4.79 Å². The van der Waals surface area contributed by atoms with Gasteiger partial charge in [0, 0.05) is 33.2 Å². The average molecular weight is 199 g/mol. The molecule has 2 atom stereocenters. The van der Waals surface area contributed by atoms with E-state index in [1.165, 1.54) is 0 Å². The van der Waals surface area contributed by atoms with Gasteiger partial charge in [-0.2, -0.15) is 0 Å². The van der Waals surface area contributed by atoms with Crippen molar-refractivity contribution in [3.8, 4) is 0 Å². The van der Waals surface area contributed by atoms with Crippen molar-refractivity contribution in [2.45, 2.75) is 7.43 Å². The number of fused-ring (bicyclic) bond motifs is 1. The van der Waals surface area contributed by atoms with Crippen molar-refractivity contribution in [1.29, 1.82) is 0 Å². The number of amides is 2. The monoisotopic (exact) mass is 199 g/mol. The Bertz CT molecular complexity index is 205. The van der Waals surface area contributed by atoms with Crippen LogP contribution in [0.2, 0.25) is 0 Å². The smallest absolute Gasteiger partial charge is 0.317 e. The molecule has 0 aromatic rings. The second kappa shape index (κ2) is 4.17. The molecule has 2 amide bonds. The topological polar surface area (TPSA) is 35.6 Å². The summed E-state index contributed by atoms with van der Waals surface area (Å²) in [5.41, 5.74) is 0. The van der Waals surface area contributed by atoms with Crippen LogP contribution in [0, 0.1) is 11.8 Å². The number of carbonyl (C=O) groups is 1. The third-order valence-electron chi connectivity index (χ3n) is 3.17. The van der Waals surface area contributed by atoms with Crippen molar-refractivity contribution in [2.24, 2.45) is 11.8 Å². The Morgan fingerprint density at radius 1 is 1.21 bits per heavy atom. The fourth-order valence-corrected chi connectivity index (χ4v) is 2.55. The number of likely N-dealkylation sites (tertiary alicyclic amines) is 2. The van der Waals surface area contributed by atoms with Crippen LogP contribution in [0.1, 0.15) is 7.43 Å². The molecule has 4 nitrogen and oxygen atoms in total. The zero-order valence-electron chi connectivity index (χ0n) is 8.29. The van der Waals surface area contributed by atoms with Gasteiger partial charge in [-0.1, -0.05) is 7.43 Å². The summed E-state index contributed by atoms with van der Waals surface area (Å²) in [6.07, 6.45) is 0. The molecule has 4 heteroatoms. The summed E-state index contributed by atoms with van der Waals surface area (Å²) in [5, 5.41) is 2.68. The summed E-state index contributed by atoms with van der Waals surface area (Å²) in [6, 6.07) is 0.0806. The van der Waals surface area contributed by atoms with Crippen molar-refractivity contribution in [2.75, 3.05) is 40.3 Å². The van der Waals surface area contributed by atoms with Crippen LogP contribution >= 0.6 is 0 Å². The SMILES string of the molecule is C.CNC(=O)N1CC2CN(C)C[C@@H]2C1. The largest absolute Gasteiger partial charge is 0.341 e. The van der Waals surface area contributed by atoms with Crippen molar-refractivity contribution in [3.63, 3.8) is 0 Å². The third kappa shape index (κ3) is 1.85. The molecule has 14 heavy (non-hydrogen) atoms. The van der Waals surface area contributed by atoms with E-state index in [0.717, 1.165) is 26.2 Å². The number of urea groups is 1. The molecule has 0 aromatic carbocycles. The van der Waals surface area contributed by atoms with Gasteiger partial charge in [-0.15, -0.1) is 0 Å². The van der Waals surface area contributed by atoms with E-state index < -0.39 is 0 Å². The van der Waals surface area contributed by atoms with Crippen LogP contribution in [0.5, 0.6) is 0 Å². The van der Waals surface area contributed by atoms with Gasteiger partial charge in [0.1, 0.15) is 0 Å². The highest BCUT2D eigenvalue weighted by Gasteiger charge is 2.39. The molecule has 2 heterocycles. The maximum atomic E-state index is 11.3. The molecule has 2 aliphatic heterocycles. The number of hydrogen-bond acceptors (Lipinski definition) is 2. The first kappa shape index (κ1) is 11.3. The van der Waals surface area contributed by atoms with E-state index in [2.05, 4.69) is 17.3 Å². The van der Waals surface area contributed by atoms with Crippen LogP contribution < -0.4 is 5.32 Å². The van der Waals surface area contributed by atoms with Crippen LogP contribution in [0.3, 0.4) is 0 Å². The van der Waals surface area contributed by atoms with E-state index in [1.807, 2.05) is 4.90 Å². The molecule has 2 saturated heterocycles. The van der Waals surface area contributed by atoms with Gasteiger partial charge in [-0.25, -0.2) is 4.79 Å². The lowest BCUT2D eigenvalue weighted by Crippen LogP contribution is -2.38. The van der Waals surface area contributed by atoms with Gasteiger partial charge in [0.2, 0.25) is 0 Å². The second-order valence-electron chi connectivity index (χ2n) is 4.20. The predicted octanol–water partition coefficient (Wildman–Crippen LogP) is 0.455. The van der Waals surface area contributed by atoms with Gasteiger partial charge in [0.05, 0.1) is 0 Å². The summed E-state index contributed by atoms with van der Waals surface area (Å²) >= 11 is 0.